The van der Waals surface area contributed by atoms with Gasteiger partial charge in [-0.2, -0.15) is 0 Å². The van der Waals surface area contributed by atoms with E-state index in [1.807, 2.05) is 0 Å². The summed E-state index contributed by atoms with van der Waals surface area (Å²) in [5.41, 5.74) is 0. The Kier molecular flexibility index (Phi) is 3.88. The first-order valence-electron chi connectivity index (χ1n) is 4.74. The molecule has 1 rings (SSSR count). The molecule has 0 spiro atoms. The maximum Gasteiger partial charge on any atom is 0.221 e. The van der Waals surface area contributed by atoms with Crippen molar-refractivity contribution in [1.29, 1.82) is 0 Å². The molecule has 1 atom stereocenters. The molecule has 1 unspecified atom stereocenters. The van der Waals surface area contributed by atoms with Gasteiger partial charge in [0.15, 0.2) is 9.84 Å². The van der Waals surface area contributed by atoms with E-state index in [2.05, 4.69) is 10.6 Å². The van der Waals surface area contributed by atoms with Crippen molar-refractivity contribution < 1.29 is 13.2 Å². The molecule has 1 saturated heterocycles. The molecule has 0 radical (unpaired) electrons. The van der Waals surface area contributed by atoms with Crippen molar-refractivity contribution in [1.82, 2.24) is 10.6 Å². The number of rotatable bonds is 5. The summed E-state index contributed by atoms with van der Waals surface area (Å²) in [5, 5.41) is 5.72. The highest BCUT2D eigenvalue weighted by atomic mass is 32.2. The number of carbonyl (C=O) groups is 1. The van der Waals surface area contributed by atoms with Gasteiger partial charge in [0.25, 0.3) is 0 Å². The van der Waals surface area contributed by atoms with Crippen molar-refractivity contribution in [2.75, 3.05) is 24.6 Å². The number of carbonyl (C=O) groups excluding carboxylic acids is 1. The molecule has 2 N–H and O–H groups in total. The summed E-state index contributed by atoms with van der Waals surface area (Å²) >= 11 is 0. The fourth-order valence-corrected chi connectivity index (χ4v) is 2.03. The van der Waals surface area contributed by atoms with Gasteiger partial charge in [-0.25, -0.2) is 8.42 Å². The van der Waals surface area contributed by atoms with Crippen LogP contribution in [0.5, 0.6) is 0 Å². The Morgan fingerprint density at radius 3 is 2.79 bits per heavy atom. The van der Waals surface area contributed by atoms with Gasteiger partial charge in [-0.05, 0) is 0 Å². The first-order valence-corrected chi connectivity index (χ1v) is 6.56. The molecule has 1 aliphatic rings. The van der Waals surface area contributed by atoms with Crippen LogP contribution >= 0.6 is 0 Å². The van der Waals surface area contributed by atoms with Crippen LogP contribution in [0.4, 0.5) is 0 Å². The van der Waals surface area contributed by atoms with E-state index in [-0.39, 0.29) is 23.5 Å². The topological polar surface area (TPSA) is 75.3 Å². The predicted molar refractivity (Wildman–Crippen MR) is 53.7 cm³/mol. The Hall–Kier alpha value is -0.620. The van der Waals surface area contributed by atoms with Crippen molar-refractivity contribution >= 4 is 15.7 Å². The summed E-state index contributed by atoms with van der Waals surface area (Å²) in [6.45, 7) is 2.66. The standard InChI is InChI=1S/C8H16N2O3S/c1-2-14(12,13)4-3-9-7-5-8(11)10-6-7/h7,9H,2-6H2,1H3,(H,10,11). The normalized spacial score (nSPS) is 22.4. The van der Waals surface area contributed by atoms with E-state index in [0.29, 0.717) is 19.5 Å². The Morgan fingerprint density at radius 2 is 2.29 bits per heavy atom. The zero-order chi connectivity index (χ0) is 10.6. The van der Waals surface area contributed by atoms with Crippen molar-refractivity contribution in [3.8, 4) is 0 Å². The van der Waals surface area contributed by atoms with Gasteiger partial charge in [0.1, 0.15) is 0 Å². The number of hydrogen-bond donors (Lipinski definition) is 2. The van der Waals surface area contributed by atoms with Gasteiger partial charge in [0, 0.05) is 31.3 Å². The molecule has 0 saturated carbocycles. The lowest BCUT2D eigenvalue weighted by Crippen LogP contribution is -2.34. The van der Waals surface area contributed by atoms with Crippen LogP contribution in [0.1, 0.15) is 13.3 Å². The number of nitrogens with one attached hydrogen (secondary N) is 2. The molecule has 1 amide bonds. The van der Waals surface area contributed by atoms with Gasteiger partial charge in [-0.1, -0.05) is 6.92 Å². The lowest BCUT2D eigenvalue weighted by Gasteiger charge is -2.09. The summed E-state index contributed by atoms with van der Waals surface area (Å²) in [6.07, 6.45) is 0.451. The summed E-state index contributed by atoms with van der Waals surface area (Å²) in [7, 11) is -2.89. The van der Waals surface area contributed by atoms with Gasteiger partial charge in [0.2, 0.25) is 5.91 Å². The fraction of sp³-hybridized carbons (Fsp3) is 0.875. The third-order valence-electron chi connectivity index (χ3n) is 2.26. The van der Waals surface area contributed by atoms with Gasteiger partial charge in [-0.15, -0.1) is 0 Å². The predicted octanol–water partition coefficient (Wildman–Crippen LogP) is -1.10. The van der Waals surface area contributed by atoms with E-state index in [1.165, 1.54) is 0 Å². The van der Waals surface area contributed by atoms with Crippen LogP contribution in [-0.2, 0) is 14.6 Å². The van der Waals surface area contributed by atoms with Crippen LogP contribution in [0.2, 0.25) is 0 Å². The average molecular weight is 220 g/mol. The molecule has 14 heavy (non-hydrogen) atoms. The minimum atomic E-state index is -2.89. The van der Waals surface area contributed by atoms with Gasteiger partial charge < -0.3 is 10.6 Å². The Labute approximate surface area is 84.2 Å². The van der Waals surface area contributed by atoms with Crippen molar-refractivity contribution in [3.63, 3.8) is 0 Å². The third-order valence-corrected chi connectivity index (χ3v) is 3.97. The lowest BCUT2D eigenvalue weighted by molar-refractivity contribution is -0.119. The molecule has 0 aliphatic carbocycles. The van der Waals surface area contributed by atoms with Crippen LogP contribution in [0, 0.1) is 0 Å². The number of sulfone groups is 1. The van der Waals surface area contributed by atoms with Crippen LogP contribution in [0.15, 0.2) is 0 Å². The van der Waals surface area contributed by atoms with Crippen molar-refractivity contribution in [2.24, 2.45) is 0 Å². The third kappa shape index (κ3) is 3.63. The quantitative estimate of drug-likeness (QED) is 0.616. The van der Waals surface area contributed by atoms with Gasteiger partial charge in [-0.3, -0.25) is 4.79 Å². The highest BCUT2D eigenvalue weighted by molar-refractivity contribution is 7.91. The molecule has 5 nitrogen and oxygen atoms in total. The minimum Gasteiger partial charge on any atom is -0.354 e. The van der Waals surface area contributed by atoms with Crippen LogP contribution in [0.25, 0.3) is 0 Å². The second kappa shape index (κ2) is 4.75. The largest absolute Gasteiger partial charge is 0.354 e. The van der Waals surface area contributed by atoms with E-state index in [4.69, 9.17) is 0 Å². The summed E-state index contributed by atoms with van der Waals surface area (Å²) in [4.78, 5) is 10.8. The molecule has 6 heteroatoms. The lowest BCUT2D eigenvalue weighted by atomic mass is 10.2. The van der Waals surface area contributed by atoms with E-state index < -0.39 is 9.84 Å². The van der Waals surface area contributed by atoms with E-state index in [9.17, 15) is 13.2 Å². The van der Waals surface area contributed by atoms with E-state index in [0.717, 1.165) is 0 Å². The van der Waals surface area contributed by atoms with Gasteiger partial charge in [0.05, 0.1) is 5.75 Å². The number of amides is 1. The Morgan fingerprint density at radius 1 is 1.57 bits per heavy atom. The zero-order valence-corrected chi connectivity index (χ0v) is 9.06. The molecule has 1 aliphatic heterocycles. The molecule has 1 heterocycles. The smallest absolute Gasteiger partial charge is 0.221 e. The fourth-order valence-electron chi connectivity index (χ4n) is 1.31. The Bertz CT molecular complexity index is 300. The molecule has 0 aromatic rings. The van der Waals surface area contributed by atoms with Crippen LogP contribution in [-0.4, -0.2) is 45.0 Å². The summed E-state index contributed by atoms with van der Waals surface area (Å²) in [5.74, 6) is 0.353. The SMILES string of the molecule is CCS(=O)(=O)CCNC1CNC(=O)C1. The van der Waals surface area contributed by atoms with Crippen molar-refractivity contribution in [2.45, 2.75) is 19.4 Å². The molecule has 1 fully saturated rings. The van der Waals surface area contributed by atoms with Gasteiger partial charge >= 0.3 is 0 Å². The highest BCUT2D eigenvalue weighted by Crippen LogP contribution is 1.98. The second-order valence-corrected chi connectivity index (χ2v) is 5.87. The minimum absolute atomic E-state index is 0.0286. The molecule has 82 valence electrons. The maximum absolute atomic E-state index is 11.1. The molecular formula is C8H16N2O3S. The van der Waals surface area contributed by atoms with Crippen LogP contribution < -0.4 is 10.6 Å². The highest BCUT2D eigenvalue weighted by Gasteiger charge is 2.20. The second-order valence-electron chi connectivity index (χ2n) is 3.40. The van der Waals surface area contributed by atoms with E-state index in [1.54, 1.807) is 6.92 Å². The van der Waals surface area contributed by atoms with Crippen LogP contribution in [0.3, 0.4) is 0 Å². The van der Waals surface area contributed by atoms with E-state index >= 15 is 0 Å². The Balaban J connectivity index is 2.19. The molecule has 0 aromatic carbocycles. The monoisotopic (exact) mass is 220 g/mol. The molecular weight excluding hydrogens is 204 g/mol. The molecule has 0 aromatic heterocycles. The zero-order valence-electron chi connectivity index (χ0n) is 8.25. The molecule has 0 bridgehead atoms. The maximum atomic E-state index is 11.1. The number of hydrogen-bond acceptors (Lipinski definition) is 4. The van der Waals surface area contributed by atoms with Crippen molar-refractivity contribution in [3.05, 3.63) is 0 Å². The summed E-state index contributed by atoms with van der Waals surface area (Å²) in [6, 6.07) is 0.0922. The summed E-state index contributed by atoms with van der Waals surface area (Å²) < 4.78 is 22.2. The first-order chi connectivity index (χ1) is 6.53. The average Bonchev–Trinajstić information content (AvgIpc) is 2.51. The first kappa shape index (κ1) is 11.5.